The Hall–Kier alpha value is -1.55. The van der Waals surface area contributed by atoms with Crippen molar-refractivity contribution >= 4 is 11.7 Å². The highest BCUT2D eigenvalue weighted by Gasteiger charge is 2.46. The van der Waals surface area contributed by atoms with E-state index in [2.05, 4.69) is 10.2 Å². The van der Waals surface area contributed by atoms with Crippen LogP contribution in [-0.2, 0) is 4.79 Å². The summed E-state index contributed by atoms with van der Waals surface area (Å²) in [6, 6.07) is 8.41. The molecule has 0 bridgehead atoms. The van der Waals surface area contributed by atoms with Gasteiger partial charge in [0, 0.05) is 18.3 Å². The Labute approximate surface area is 119 Å². The number of hydrogen-bond donors (Lipinski definition) is 2. The number of fused-ring (bicyclic) bond motifs is 1. The topological polar surface area (TPSA) is 52.6 Å². The molecule has 2 atom stereocenters. The van der Waals surface area contributed by atoms with E-state index in [0.29, 0.717) is 18.9 Å². The van der Waals surface area contributed by atoms with Gasteiger partial charge in [0.05, 0.1) is 0 Å². The van der Waals surface area contributed by atoms with Gasteiger partial charge in [-0.25, -0.2) is 4.79 Å². The van der Waals surface area contributed by atoms with E-state index >= 15 is 0 Å². The summed E-state index contributed by atoms with van der Waals surface area (Å²) in [5, 5.41) is 13.1. The van der Waals surface area contributed by atoms with Crippen LogP contribution in [0.15, 0.2) is 24.3 Å². The first-order valence-electron chi connectivity index (χ1n) is 7.41. The van der Waals surface area contributed by atoms with Gasteiger partial charge in [0.25, 0.3) is 0 Å². The number of carboxylic acid groups (broad SMARTS) is 1. The molecule has 0 aliphatic carbocycles. The molecule has 0 aromatic heterocycles. The van der Waals surface area contributed by atoms with Gasteiger partial charge in [-0.3, -0.25) is 0 Å². The number of nitrogens with one attached hydrogen (secondary N) is 1. The van der Waals surface area contributed by atoms with Crippen molar-refractivity contribution < 1.29 is 9.90 Å². The number of rotatable bonds is 3. The number of carboxylic acids is 1. The van der Waals surface area contributed by atoms with E-state index in [9.17, 15) is 9.90 Å². The molecule has 0 saturated carbocycles. The van der Waals surface area contributed by atoms with Crippen molar-refractivity contribution in [2.24, 2.45) is 0 Å². The van der Waals surface area contributed by atoms with Crippen molar-refractivity contribution in [2.75, 3.05) is 18.4 Å². The van der Waals surface area contributed by atoms with Gasteiger partial charge in [0.1, 0.15) is 5.54 Å². The van der Waals surface area contributed by atoms with E-state index in [4.69, 9.17) is 0 Å². The minimum Gasteiger partial charge on any atom is -0.480 e. The molecule has 2 saturated heterocycles. The standard InChI is InChI=1S/C16H22N2O2/c1-12-4-6-13(7-5-12)17-16(15(19)20)8-10-18-9-2-3-14(18)11-16/h4-7,14,17H,2-3,8-11H2,1H3,(H,19,20). The maximum absolute atomic E-state index is 11.9. The van der Waals surface area contributed by atoms with Gasteiger partial charge in [0.15, 0.2) is 0 Å². The summed E-state index contributed by atoms with van der Waals surface area (Å²) in [5.74, 6) is -0.718. The number of carbonyl (C=O) groups is 1. The van der Waals surface area contributed by atoms with Gasteiger partial charge in [-0.2, -0.15) is 0 Å². The van der Waals surface area contributed by atoms with Gasteiger partial charge in [-0.1, -0.05) is 17.7 Å². The molecule has 108 valence electrons. The number of benzene rings is 1. The second kappa shape index (κ2) is 5.09. The quantitative estimate of drug-likeness (QED) is 0.889. The Morgan fingerprint density at radius 1 is 1.35 bits per heavy atom. The summed E-state index contributed by atoms with van der Waals surface area (Å²) in [6.45, 7) is 4.05. The number of hydrogen-bond acceptors (Lipinski definition) is 3. The van der Waals surface area contributed by atoms with Gasteiger partial charge in [-0.05, 0) is 51.3 Å². The molecule has 20 heavy (non-hydrogen) atoms. The molecule has 2 fully saturated rings. The fourth-order valence-corrected chi connectivity index (χ4v) is 3.53. The van der Waals surface area contributed by atoms with Crippen LogP contribution in [0.1, 0.15) is 31.2 Å². The van der Waals surface area contributed by atoms with E-state index in [1.165, 1.54) is 12.0 Å². The first-order valence-corrected chi connectivity index (χ1v) is 7.41. The van der Waals surface area contributed by atoms with Crippen LogP contribution < -0.4 is 5.32 Å². The average Bonchev–Trinajstić information content (AvgIpc) is 2.88. The van der Waals surface area contributed by atoms with Crippen LogP contribution in [0.2, 0.25) is 0 Å². The largest absolute Gasteiger partial charge is 0.480 e. The number of anilines is 1. The third-order valence-electron chi connectivity index (χ3n) is 4.75. The predicted molar refractivity (Wildman–Crippen MR) is 79.0 cm³/mol. The summed E-state index contributed by atoms with van der Waals surface area (Å²) >= 11 is 0. The Morgan fingerprint density at radius 3 is 2.80 bits per heavy atom. The minimum absolute atomic E-state index is 0.429. The first kappa shape index (κ1) is 13.4. The number of aryl methyl sites for hydroxylation is 1. The van der Waals surface area contributed by atoms with Crippen LogP contribution in [0, 0.1) is 6.92 Å². The van der Waals surface area contributed by atoms with Crippen LogP contribution in [0.25, 0.3) is 0 Å². The number of aliphatic carboxylic acids is 1. The zero-order valence-corrected chi connectivity index (χ0v) is 11.9. The lowest BCUT2D eigenvalue weighted by Gasteiger charge is -2.42. The molecule has 1 aromatic rings. The van der Waals surface area contributed by atoms with Crippen molar-refractivity contribution in [1.29, 1.82) is 0 Å². The predicted octanol–water partition coefficient (Wildman–Crippen LogP) is 2.49. The number of nitrogens with zero attached hydrogens (tertiary/aromatic N) is 1. The molecule has 2 unspecified atom stereocenters. The van der Waals surface area contributed by atoms with E-state index < -0.39 is 11.5 Å². The maximum Gasteiger partial charge on any atom is 0.329 e. The molecule has 1 aromatic carbocycles. The molecule has 2 N–H and O–H groups in total. The highest BCUT2D eigenvalue weighted by Crippen LogP contribution is 2.35. The Balaban J connectivity index is 1.81. The van der Waals surface area contributed by atoms with E-state index in [1.807, 2.05) is 31.2 Å². The summed E-state index contributed by atoms with van der Waals surface area (Å²) in [6.07, 6.45) is 3.71. The normalized spacial score (nSPS) is 29.9. The second-order valence-corrected chi connectivity index (χ2v) is 6.16. The zero-order valence-electron chi connectivity index (χ0n) is 11.9. The third kappa shape index (κ3) is 2.40. The molecule has 2 aliphatic heterocycles. The second-order valence-electron chi connectivity index (χ2n) is 6.16. The molecule has 0 spiro atoms. The SMILES string of the molecule is Cc1ccc(NC2(C(=O)O)CCN3CCCC3C2)cc1. The summed E-state index contributed by atoms with van der Waals surface area (Å²) < 4.78 is 0. The first-order chi connectivity index (χ1) is 9.59. The molecule has 4 nitrogen and oxygen atoms in total. The van der Waals surface area contributed by atoms with Crippen LogP contribution in [0.5, 0.6) is 0 Å². The van der Waals surface area contributed by atoms with Gasteiger partial charge in [-0.15, -0.1) is 0 Å². The molecule has 4 heteroatoms. The lowest BCUT2D eigenvalue weighted by molar-refractivity contribution is -0.144. The van der Waals surface area contributed by atoms with E-state index in [-0.39, 0.29) is 0 Å². The van der Waals surface area contributed by atoms with E-state index in [1.54, 1.807) is 0 Å². The summed E-state index contributed by atoms with van der Waals surface area (Å²) in [4.78, 5) is 14.3. The Kier molecular flexibility index (Phi) is 3.42. The van der Waals surface area contributed by atoms with Crippen LogP contribution >= 0.6 is 0 Å². The van der Waals surface area contributed by atoms with Gasteiger partial charge < -0.3 is 15.3 Å². The molecule has 3 rings (SSSR count). The van der Waals surface area contributed by atoms with Crippen molar-refractivity contribution in [3.63, 3.8) is 0 Å². The maximum atomic E-state index is 11.9. The Bertz CT molecular complexity index is 500. The van der Waals surface area contributed by atoms with Gasteiger partial charge in [0.2, 0.25) is 0 Å². The average molecular weight is 274 g/mol. The van der Waals surface area contributed by atoms with Crippen LogP contribution in [0.4, 0.5) is 5.69 Å². The fraction of sp³-hybridized carbons (Fsp3) is 0.562. The van der Waals surface area contributed by atoms with Crippen molar-refractivity contribution in [3.8, 4) is 0 Å². The third-order valence-corrected chi connectivity index (χ3v) is 4.75. The highest BCUT2D eigenvalue weighted by atomic mass is 16.4. The lowest BCUT2D eigenvalue weighted by atomic mass is 9.83. The molecular formula is C16H22N2O2. The molecule has 0 radical (unpaired) electrons. The molecule has 2 aliphatic rings. The smallest absolute Gasteiger partial charge is 0.329 e. The van der Waals surface area contributed by atoms with E-state index in [0.717, 1.165) is 25.2 Å². The number of piperidine rings is 1. The van der Waals surface area contributed by atoms with Crippen LogP contribution in [-0.4, -0.2) is 40.6 Å². The van der Waals surface area contributed by atoms with Crippen LogP contribution in [0.3, 0.4) is 0 Å². The lowest BCUT2D eigenvalue weighted by Crippen LogP contribution is -2.56. The summed E-state index contributed by atoms with van der Waals surface area (Å²) in [7, 11) is 0. The molecule has 2 heterocycles. The van der Waals surface area contributed by atoms with Crippen molar-refractivity contribution in [3.05, 3.63) is 29.8 Å². The highest BCUT2D eigenvalue weighted by molar-refractivity contribution is 5.83. The van der Waals surface area contributed by atoms with Crippen molar-refractivity contribution in [1.82, 2.24) is 4.90 Å². The monoisotopic (exact) mass is 274 g/mol. The fourth-order valence-electron chi connectivity index (χ4n) is 3.53. The molecule has 0 amide bonds. The molecular weight excluding hydrogens is 252 g/mol. The van der Waals surface area contributed by atoms with Gasteiger partial charge >= 0.3 is 5.97 Å². The van der Waals surface area contributed by atoms with Crippen molar-refractivity contribution in [2.45, 2.75) is 44.2 Å². The Morgan fingerprint density at radius 2 is 2.10 bits per heavy atom. The minimum atomic E-state index is -0.805. The zero-order chi connectivity index (χ0) is 14.2. The summed E-state index contributed by atoms with van der Waals surface area (Å²) in [5.41, 5.74) is 1.29.